The number of thioether (sulfide) groups is 2. The van der Waals surface area contributed by atoms with Crippen molar-refractivity contribution in [2.24, 2.45) is 0 Å². The van der Waals surface area contributed by atoms with Crippen LogP contribution < -0.4 is 5.56 Å². The fraction of sp³-hybridized carbons (Fsp3) is 0.263. The fourth-order valence-corrected chi connectivity index (χ4v) is 6.81. The molecule has 0 spiro atoms. The summed E-state index contributed by atoms with van der Waals surface area (Å²) in [6.45, 7) is 0. The van der Waals surface area contributed by atoms with Crippen molar-refractivity contribution < 1.29 is 0 Å². The number of thiophene rings is 1. The largest absolute Gasteiger partial charge is 0.282 e. The Bertz CT molecular complexity index is 1050. The lowest BCUT2D eigenvalue weighted by Gasteiger charge is -2.09. The molecule has 0 fully saturated rings. The molecule has 3 aromatic rings. The summed E-state index contributed by atoms with van der Waals surface area (Å²) >= 11 is 5.20. The van der Waals surface area contributed by atoms with Crippen molar-refractivity contribution in [3.8, 4) is 0 Å². The van der Waals surface area contributed by atoms with Gasteiger partial charge in [0.25, 0.3) is 5.56 Å². The Labute approximate surface area is 158 Å². The molecule has 3 nitrogen and oxygen atoms in total. The Balaban J connectivity index is 1.65. The van der Waals surface area contributed by atoms with Crippen molar-refractivity contribution in [3.05, 3.63) is 56.5 Å². The van der Waals surface area contributed by atoms with Crippen LogP contribution in [0.15, 0.2) is 50.6 Å². The molecule has 2 aromatic heterocycles. The number of nitrogens with zero attached hydrogens (tertiary/aromatic N) is 2. The summed E-state index contributed by atoms with van der Waals surface area (Å²) in [7, 11) is 0. The summed E-state index contributed by atoms with van der Waals surface area (Å²) in [5.74, 6) is 0.869. The molecular formula is C19H16N2OS3. The van der Waals surface area contributed by atoms with E-state index in [0.717, 1.165) is 34.0 Å². The highest BCUT2D eigenvalue weighted by molar-refractivity contribution is 8.02. The first kappa shape index (κ1) is 15.7. The first-order valence-electron chi connectivity index (χ1n) is 8.42. The smallest absolute Gasteiger partial charge is 0.282 e. The van der Waals surface area contributed by atoms with Crippen molar-refractivity contribution in [2.45, 2.75) is 35.7 Å². The minimum Gasteiger partial charge on any atom is -0.282 e. The molecule has 0 saturated heterocycles. The maximum Gasteiger partial charge on any atom is 0.282 e. The van der Waals surface area contributed by atoms with Crippen LogP contribution in [0.2, 0.25) is 0 Å². The topological polar surface area (TPSA) is 34.9 Å². The van der Waals surface area contributed by atoms with Crippen LogP contribution in [0.3, 0.4) is 0 Å². The quantitative estimate of drug-likeness (QED) is 0.458. The second-order valence-corrected chi connectivity index (χ2v) is 9.22. The van der Waals surface area contributed by atoms with Crippen molar-refractivity contribution in [3.63, 3.8) is 0 Å². The van der Waals surface area contributed by atoms with E-state index in [1.165, 1.54) is 33.9 Å². The summed E-state index contributed by atoms with van der Waals surface area (Å²) in [4.78, 5) is 20.7. The minimum atomic E-state index is -0.0369. The predicted molar refractivity (Wildman–Crippen MR) is 108 cm³/mol. The van der Waals surface area contributed by atoms with Gasteiger partial charge >= 0.3 is 0 Å². The third kappa shape index (κ3) is 2.67. The van der Waals surface area contributed by atoms with Crippen LogP contribution in [-0.4, -0.2) is 15.3 Å². The van der Waals surface area contributed by atoms with Crippen LogP contribution in [0.5, 0.6) is 0 Å². The molecule has 0 radical (unpaired) electrons. The number of hydrogen-bond acceptors (Lipinski definition) is 5. The van der Waals surface area contributed by atoms with E-state index in [2.05, 4.69) is 39.2 Å². The maximum absolute atomic E-state index is 12.6. The first-order chi connectivity index (χ1) is 12.3. The first-order valence-corrected chi connectivity index (χ1v) is 11.1. The zero-order valence-electron chi connectivity index (χ0n) is 13.5. The van der Waals surface area contributed by atoms with Crippen LogP contribution in [0, 0.1) is 0 Å². The van der Waals surface area contributed by atoms with E-state index in [0.29, 0.717) is 0 Å². The summed E-state index contributed by atoms with van der Waals surface area (Å²) in [6.07, 6.45) is 4.54. The van der Waals surface area contributed by atoms with Crippen molar-refractivity contribution in [2.75, 3.05) is 5.75 Å². The van der Waals surface area contributed by atoms with Gasteiger partial charge in [-0.15, -0.1) is 11.3 Å². The van der Waals surface area contributed by atoms with E-state index in [-0.39, 0.29) is 5.56 Å². The van der Waals surface area contributed by atoms with Gasteiger partial charge < -0.3 is 0 Å². The van der Waals surface area contributed by atoms with E-state index in [1.54, 1.807) is 34.9 Å². The molecular weight excluding hydrogens is 368 g/mol. The van der Waals surface area contributed by atoms with E-state index in [9.17, 15) is 4.79 Å². The molecule has 5 rings (SSSR count). The molecule has 0 N–H and O–H groups in total. The van der Waals surface area contributed by atoms with Crippen LogP contribution in [0.4, 0.5) is 0 Å². The average molecular weight is 385 g/mol. The Morgan fingerprint density at radius 3 is 2.88 bits per heavy atom. The lowest BCUT2D eigenvalue weighted by atomic mass is 9.97. The molecule has 6 heteroatoms. The van der Waals surface area contributed by atoms with E-state index in [4.69, 9.17) is 0 Å². The normalized spacial score (nSPS) is 17.8. The maximum atomic E-state index is 12.6. The molecule has 3 heterocycles. The van der Waals surface area contributed by atoms with Gasteiger partial charge in [-0.2, -0.15) is 4.98 Å². The zero-order chi connectivity index (χ0) is 16.8. The van der Waals surface area contributed by atoms with Gasteiger partial charge in [0.1, 0.15) is 4.83 Å². The lowest BCUT2D eigenvalue weighted by Crippen LogP contribution is -2.13. The highest BCUT2D eigenvalue weighted by Gasteiger charge is 2.26. The minimum absolute atomic E-state index is 0.0369. The van der Waals surface area contributed by atoms with E-state index >= 15 is 0 Å². The summed E-state index contributed by atoms with van der Waals surface area (Å²) in [6, 6.07) is 10.4. The number of aryl methyl sites for hydroxylation is 2. The number of fused-ring (bicyclic) bond motifs is 5. The Morgan fingerprint density at radius 1 is 1.16 bits per heavy atom. The molecule has 0 saturated carbocycles. The Hall–Kier alpha value is -1.50. The molecule has 1 aromatic carbocycles. The third-order valence-corrected chi connectivity index (χ3v) is 7.85. The molecule has 25 heavy (non-hydrogen) atoms. The summed E-state index contributed by atoms with van der Waals surface area (Å²) in [5, 5.41) is 3.93. The van der Waals surface area contributed by atoms with Gasteiger partial charge in [0.15, 0.2) is 5.16 Å². The lowest BCUT2D eigenvalue weighted by molar-refractivity contribution is 0.699. The molecule has 1 aliphatic heterocycles. The molecule has 1 aliphatic carbocycles. The van der Waals surface area contributed by atoms with E-state index < -0.39 is 0 Å². The number of rotatable bonds is 2. The van der Waals surface area contributed by atoms with Crippen molar-refractivity contribution in [1.82, 2.24) is 9.55 Å². The summed E-state index contributed by atoms with van der Waals surface area (Å²) in [5.41, 5.74) is 2.46. The number of hydrogen-bond donors (Lipinski definition) is 0. The monoisotopic (exact) mass is 384 g/mol. The van der Waals surface area contributed by atoms with Crippen LogP contribution >= 0.6 is 34.9 Å². The van der Waals surface area contributed by atoms with Crippen LogP contribution in [0.25, 0.3) is 15.9 Å². The Morgan fingerprint density at radius 2 is 2.00 bits per heavy atom. The second kappa shape index (κ2) is 6.34. The highest BCUT2D eigenvalue weighted by Crippen LogP contribution is 2.41. The van der Waals surface area contributed by atoms with Crippen molar-refractivity contribution >= 4 is 50.8 Å². The third-order valence-electron chi connectivity index (χ3n) is 4.67. The summed E-state index contributed by atoms with van der Waals surface area (Å²) < 4.78 is 2.22. The van der Waals surface area contributed by atoms with Gasteiger partial charge in [-0.25, -0.2) is 0 Å². The van der Waals surface area contributed by atoms with Crippen molar-refractivity contribution in [1.29, 1.82) is 0 Å². The molecule has 0 atom stereocenters. The van der Waals surface area contributed by atoms with Crippen LogP contribution in [-0.2, 0) is 12.8 Å². The van der Waals surface area contributed by atoms with Gasteiger partial charge in [0.2, 0.25) is 0 Å². The number of benzene rings is 1. The van der Waals surface area contributed by atoms with Gasteiger partial charge in [-0.05, 0) is 48.8 Å². The van der Waals surface area contributed by atoms with Gasteiger partial charge in [-0.1, -0.05) is 41.7 Å². The molecule has 0 bridgehead atoms. The Kier molecular flexibility index (Phi) is 3.99. The predicted octanol–water partition coefficient (Wildman–Crippen LogP) is 5.03. The standard InChI is InChI=1S/C19H16N2OS3/c22-17-16-14-8-4-5-9-15(14)25-18(16)21-12(11-24-19(21)20-17)10-23-13-6-2-1-3-7-13/h1-3,6-7,10H,4-5,8-9,11H2. The zero-order valence-corrected chi connectivity index (χ0v) is 16.0. The SMILES string of the molecule is O=c1nc2n(c3sc4c(c13)CCCC4)C(=CSc1ccccc1)CS2. The number of aromatic nitrogens is 2. The average Bonchev–Trinajstić information content (AvgIpc) is 3.22. The fourth-order valence-electron chi connectivity index (χ4n) is 3.48. The molecule has 0 amide bonds. The molecule has 126 valence electrons. The van der Waals surface area contributed by atoms with Gasteiger partial charge in [-0.3, -0.25) is 9.36 Å². The molecule has 0 unspecified atom stereocenters. The highest BCUT2D eigenvalue weighted by atomic mass is 32.2. The van der Waals surface area contributed by atoms with Gasteiger partial charge in [0.05, 0.1) is 5.39 Å². The van der Waals surface area contributed by atoms with Gasteiger partial charge in [0, 0.05) is 21.2 Å². The van der Waals surface area contributed by atoms with Crippen LogP contribution in [0.1, 0.15) is 23.3 Å². The molecule has 2 aliphatic rings. The second-order valence-electron chi connectivity index (χ2n) is 6.25. The van der Waals surface area contributed by atoms with E-state index in [1.807, 2.05) is 6.07 Å².